The van der Waals surface area contributed by atoms with Gasteiger partial charge in [-0.2, -0.15) is 13.2 Å². The zero-order valence-corrected chi connectivity index (χ0v) is 9.98. The molecule has 0 unspecified atom stereocenters. The molecule has 2 rings (SSSR count). The van der Waals surface area contributed by atoms with Crippen molar-refractivity contribution < 1.29 is 13.2 Å². The topological polar surface area (TPSA) is 12.0 Å². The minimum absolute atomic E-state index is 0.405. The van der Waals surface area contributed by atoms with Crippen LogP contribution < -0.4 is 5.32 Å². The summed E-state index contributed by atoms with van der Waals surface area (Å²) in [5.41, 5.74) is 0.116. The van der Waals surface area contributed by atoms with E-state index in [4.69, 9.17) is 0 Å². The Bertz CT molecular complexity index is 545. The molecule has 1 nitrogen and oxygen atoms in total. The Kier molecular flexibility index (Phi) is 3.90. The predicted molar refractivity (Wildman–Crippen MR) is 70.5 cm³/mol. The first-order valence-electron chi connectivity index (χ1n) is 5.72. The summed E-state index contributed by atoms with van der Waals surface area (Å²) in [5, 5.41) is 2.40. The molecule has 0 aliphatic rings. The van der Waals surface area contributed by atoms with Crippen molar-refractivity contribution in [1.82, 2.24) is 0 Å². The van der Waals surface area contributed by atoms with Gasteiger partial charge in [-0.1, -0.05) is 48.5 Å². The van der Waals surface area contributed by atoms with Crippen LogP contribution in [0.1, 0.15) is 5.56 Å². The minimum Gasteiger partial charge on any atom is -0.352 e. The molecule has 1 N–H and O–H groups in total. The van der Waals surface area contributed by atoms with Crippen molar-refractivity contribution in [2.24, 2.45) is 0 Å². The number of rotatable bonds is 3. The van der Waals surface area contributed by atoms with Crippen molar-refractivity contribution in [2.75, 3.05) is 5.32 Å². The second-order valence-electron chi connectivity index (χ2n) is 3.96. The average Bonchev–Trinajstić information content (AvgIpc) is 2.39. The van der Waals surface area contributed by atoms with E-state index in [1.54, 1.807) is 60.7 Å². The molecule has 19 heavy (non-hydrogen) atoms. The first kappa shape index (κ1) is 13.2. The summed E-state index contributed by atoms with van der Waals surface area (Å²) in [7, 11) is 0. The van der Waals surface area contributed by atoms with Crippen molar-refractivity contribution in [3.8, 4) is 0 Å². The molecule has 0 saturated carbocycles. The highest BCUT2D eigenvalue weighted by Gasteiger charge is 2.33. The number of hydrogen-bond acceptors (Lipinski definition) is 1. The fraction of sp³-hybridized carbons (Fsp3) is 0.0667. The van der Waals surface area contributed by atoms with Crippen LogP contribution in [0.15, 0.2) is 66.4 Å². The number of hydrogen-bond donors (Lipinski definition) is 1. The number of para-hydroxylation sites is 1. The monoisotopic (exact) mass is 263 g/mol. The zero-order chi connectivity index (χ0) is 13.7. The van der Waals surface area contributed by atoms with Gasteiger partial charge < -0.3 is 5.32 Å². The minimum atomic E-state index is -4.42. The maximum absolute atomic E-state index is 13.0. The molecule has 0 heterocycles. The molecule has 0 bridgehead atoms. The van der Waals surface area contributed by atoms with Gasteiger partial charge in [0, 0.05) is 5.69 Å². The van der Waals surface area contributed by atoms with Gasteiger partial charge in [-0.15, -0.1) is 0 Å². The fourth-order valence-corrected chi connectivity index (χ4v) is 1.58. The quantitative estimate of drug-likeness (QED) is 0.846. The van der Waals surface area contributed by atoms with Gasteiger partial charge in [-0.3, -0.25) is 0 Å². The smallest absolute Gasteiger partial charge is 0.352 e. The molecule has 0 saturated heterocycles. The van der Waals surface area contributed by atoms with Crippen LogP contribution in [0.4, 0.5) is 18.9 Å². The molecule has 0 spiro atoms. The fourth-order valence-electron chi connectivity index (χ4n) is 1.58. The van der Waals surface area contributed by atoms with Crippen molar-refractivity contribution in [3.05, 3.63) is 71.9 Å². The molecule has 0 fully saturated rings. The third-order valence-corrected chi connectivity index (χ3v) is 2.47. The maximum atomic E-state index is 13.0. The molecule has 2 aromatic rings. The summed E-state index contributed by atoms with van der Waals surface area (Å²) in [5.74, 6) is 0. The van der Waals surface area contributed by atoms with Crippen LogP contribution >= 0.6 is 0 Å². The van der Waals surface area contributed by atoms with Crippen molar-refractivity contribution in [3.63, 3.8) is 0 Å². The van der Waals surface area contributed by atoms with Gasteiger partial charge in [0.15, 0.2) is 0 Å². The number of anilines is 1. The summed E-state index contributed by atoms with van der Waals surface area (Å²) in [6.45, 7) is 0. The van der Waals surface area contributed by atoms with Crippen LogP contribution in [0.2, 0.25) is 0 Å². The molecule has 98 valence electrons. The Morgan fingerprint density at radius 2 is 1.37 bits per heavy atom. The van der Waals surface area contributed by atoms with E-state index in [2.05, 4.69) is 5.32 Å². The summed E-state index contributed by atoms with van der Waals surface area (Å²) in [6, 6.07) is 16.7. The van der Waals surface area contributed by atoms with Gasteiger partial charge in [0.25, 0.3) is 0 Å². The number of nitrogens with one attached hydrogen (secondary N) is 1. The van der Waals surface area contributed by atoms with Gasteiger partial charge in [0.05, 0.1) is 0 Å². The largest absolute Gasteiger partial charge is 0.431 e. The van der Waals surface area contributed by atoms with Crippen molar-refractivity contribution in [1.29, 1.82) is 0 Å². The van der Waals surface area contributed by atoms with Gasteiger partial charge in [0.1, 0.15) is 5.70 Å². The number of allylic oxidation sites excluding steroid dienone is 1. The van der Waals surface area contributed by atoms with E-state index in [9.17, 15) is 13.2 Å². The van der Waals surface area contributed by atoms with E-state index in [1.807, 2.05) is 0 Å². The Balaban J connectivity index is 2.30. The zero-order valence-electron chi connectivity index (χ0n) is 9.98. The Labute approximate surface area is 109 Å². The van der Waals surface area contributed by atoms with E-state index in [0.29, 0.717) is 11.3 Å². The Hall–Kier alpha value is -2.23. The molecule has 2 aromatic carbocycles. The molecule has 0 amide bonds. The first-order valence-corrected chi connectivity index (χ1v) is 5.72. The van der Waals surface area contributed by atoms with Crippen molar-refractivity contribution in [2.45, 2.75) is 6.18 Å². The van der Waals surface area contributed by atoms with Crippen LogP contribution in [-0.2, 0) is 0 Å². The Morgan fingerprint density at radius 1 is 0.842 bits per heavy atom. The lowest BCUT2D eigenvalue weighted by molar-refractivity contribution is -0.0893. The third kappa shape index (κ3) is 3.88. The number of benzene rings is 2. The SMILES string of the molecule is FC(F)(F)/C(=C\c1ccccc1)Nc1ccccc1. The van der Waals surface area contributed by atoms with Crippen molar-refractivity contribution >= 4 is 11.8 Å². The second kappa shape index (κ2) is 5.61. The van der Waals surface area contributed by atoms with Crippen LogP contribution in [-0.4, -0.2) is 6.18 Å². The molecule has 4 heteroatoms. The molecule has 0 atom stereocenters. The lowest BCUT2D eigenvalue weighted by Gasteiger charge is -2.14. The summed E-state index contributed by atoms with van der Waals surface area (Å²) in [6.07, 6.45) is -3.33. The van der Waals surface area contributed by atoms with Crippen LogP contribution in [0.25, 0.3) is 6.08 Å². The van der Waals surface area contributed by atoms with Crippen LogP contribution in [0.5, 0.6) is 0 Å². The highest BCUT2D eigenvalue weighted by molar-refractivity contribution is 5.61. The molecule has 0 aliphatic heterocycles. The standard InChI is InChI=1S/C15H12F3N/c16-15(17,18)14(11-12-7-3-1-4-8-12)19-13-9-5-2-6-10-13/h1-11,19H/b14-11+. The first-order chi connectivity index (χ1) is 9.05. The number of halogens is 3. The molecular weight excluding hydrogens is 251 g/mol. The van der Waals surface area contributed by atoms with Gasteiger partial charge in [-0.25, -0.2) is 0 Å². The lowest BCUT2D eigenvalue weighted by Crippen LogP contribution is -2.18. The third-order valence-electron chi connectivity index (χ3n) is 2.47. The molecule has 0 aliphatic carbocycles. The Morgan fingerprint density at radius 3 is 1.89 bits per heavy atom. The number of alkyl halides is 3. The lowest BCUT2D eigenvalue weighted by atomic mass is 10.2. The summed E-state index contributed by atoms with van der Waals surface area (Å²) in [4.78, 5) is 0. The molecule has 0 aromatic heterocycles. The van der Waals surface area contributed by atoms with E-state index in [-0.39, 0.29) is 0 Å². The summed E-state index contributed by atoms with van der Waals surface area (Å²) >= 11 is 0. The van der Waals surface area contributed by atoms with E-state index >= 15 is 0 Å². The molecule has 0 radical (unpaired) electrons. The van der Waals surface area contributed by atoms with Crippen LogP contribution in [0, 0.1) is 0 Å². The summed E-state index contributed by atoms with van der Waals surface area (Å²) < 4.78 is 38.9. The highest BCUT2D eigenvalue weighted by Crippen LogP contribution is 2.28. The maximum Gasteiger partial charge on any atom is 0.431 e. The van der Waals surface area contributed by atoms with E-state index in [0.717, 1.165) is 6.08 Å². The molecular formula is C15H12F3N. The predicted octanol–water partition coefficient (Wildman–Crippen LogP) is 4.70. The normalized spacial score (nSPS) is 12.3. The van der Waals surface area contributed by atoms with E-state index in [1.165, 1.54) is 0 Å². The van der Waals surface area contributed by atoms with Gasteiger partial charge >= 0.3 is 6.18 Å². The van der Waals surface area contributed by atoms with Gasteiger partial charge in [0.2, 0.25) is 0 Å². The van der Waals surface area contributed by atoms with Crippen LogP contribution in [0.3, 0.4) is 0 Å². The highest BCUT2D eigenvalue weighted by atomic mass is 19.4. The second-order valence-corrected chi connectivity index (χ2v) is 3.96. The van der Waals surface area contributed by atoms with E-state index < -0.39 is 11.9 Å². The average molecular weight is 263 g/mol. The van der Waals surface area contributed by atoms with Gasteiger partial charge in [-0.05, 0) is 23.8 Å².